The van der Waals surface area contributed by atoms with Gasteiger partial charge in [-0.25, -0.2) is 4.98 Å². The second kappa shape index (κ2) is 8.81. The molecule has 4 rings (SSSR count). The number of thioether (sulfide) groups is 1. The first-order valence-electron chi connectivity index (χ1n) is 9.81. The molecule has 0 radical (unpaired) electrons. The topological polar surface area (TPSA) is 66.2 Å². The van der Waals surface area contributed by atoms with Crippen molar-refractivity contribution in [3.05, 3.63) is 77.1 Å². The number of aromatic nitrogens is 3. The maximum atomic E-state index is 13.4. The van der Waals surface area contributed by atoms with Crippen LogP contribution in [-0.2, 0) is 5.75 Å². The number of aryl methyl sites for hydroxylation is 1. The second-order valence-corrected chi connectivity index (χ2v) is 8.03. The number of fused-ring (bicyclic) bond motifs is 1. The summed E-state index contributed by atoms with van der Waals surface area (Å²) in [5, 5.41) is 0.609. The number of rotatable bonds is 6. The summed E-state index contributed by atoms with van der Waals surface area (Å²) in [6.45, 7) is 3.97. The van der Waals surface area contributed by atoms with Crippen LogP contribution in [-0.4, -0.2) is 34.7 Å². The highest BCUT2D eigenvalue weighted by Crippen LogP contribution is 2.32. The molecule has 0 atom stereocenters. The maximum absolute atomic E-state index is 13.4. The first kappa shape index (κ1) is 20.9. The van der Waals surface area contributed by atoms with E-state index in [-0.39, 0.29) is 5.91 Å². The molecule has 7 heteroatoms. The van der Waals surface area contributed by atoms with Crippen LogP contribution in [0.1, 0.15) is 27.2 Å². The molecule has 158 valence electrons. The third-order valence-corrected chi connectivity index (χ3v) is 6.09. The van der Waals surface area contributed by atoms with Crippen molar-refractivity contribution >= 4 is 28.7 Å². The lowest BCUT2D eigenvalue weighted by Gasteiger charge is -2.12. The molecular formula is C24H23N3O3S. The lowest BCUT2D eigenvalue weighted by molar-refractivity contribution is 0.0955. The van der Waals surface area contributed by atoms with Crippen molar-refractivity contribution in [2.75, 3.05) is 14.2 Å². The third-order valence-electron chi connectivity index (χ3n) is 5.14. The van der Waals surface area contributed by atoms with Crippen LogP contribution in [0.3, 0.4) is 0 Å². The summed E-state index contributed by atoms with van der Waals surface area (Å²) >= 11 is 1.47. The van der Waals surface area contributed by atoms with Crippen LogP contribution in [0.5, 0.6) is 11.5 Å². The molecule has 0 aliphatic carbocycles. The summed E-state index contributed by atoms with van der Waals surface area (Å²) in [4.78, 5) is 22.7. The van der Waals surface area contributed by atoms with Crippen LogP contribution >= 0.6 is 11.8 Å². The Morgan fingerprint density at radius 2 is 1.84 bits per heavy atom. The zero-order valence-electron chi connectivity index (χ0n) is 17.9. The fourth-order valence-corrected chi connectivity index (χ4v) is 4.54. The minimum Gasteiger partial charge on any atom is -0.497 e. The number of carbonyl (C=O) groups is 1. The van der Waals surface area contributed by atoms with Crippen LogP contribution in [0.4, 0.5) is 0 Å². The molecule has 0 spiro atoms. The lowest BCUT2D eigenvalue weighted by atomic mass is 10.1. The molecule has 2 heterocycles. The molecule has 0 amide bonds. The van der Waals surface area contributed by atoms with Gasteiger partial charge < -0.3 is 9.47 Å². The largest absolute Gasteiger partial charge is 0.497 e. The highest BCUT2D eigenvalue weighted by atomic mass is 32.2. The van der Waals surface area contributed by atoms with Crippen molar-refractivity contribution in [1.82, 2.24) is 14.5 Å². The van der Waals surface area contributed by atoms with E-state index < -0.39 is 0 Å². The standard InChI is InChI=1S/C24H23N3O3S/c1-15-13-25-20(16(2)22(15)30-4)14-31-24-26-19-11-10-18(29-3)12-21(19)27(24)23(28)17-8-6-5-7-9-17/h5-13H,14H2,1-4H3. The summed E-state index contributed by atoms with van der Waals surface area (Å²) < 4.78 is 12.5. The normalized spacial score (nSPS) is 11.0. The Morgan fingerprint density at radius 1 is 1.06 bits per heavy atom. The van der Waals surface area contributed by atoms with Crippen LogP contribution < -0.4 is 9.47 Å². The van der Waals surface area contributed by atoms with Crippen molar-refractivity contribution in [1.29, 1.82) is 0 Å². The van der Waals surface area contributed by atoms with Crippen molar-refractivity contribution in [2.24, 2.45) is 0 Å². The van der Waals surface area contributed by atoms with E-state index in [1.165, 1.54) is 11.8 Å². The van der Waals surface area contributed by atoms with Crippen molar-refractivity contribution in [2.45, 2.75) is 24.8 Å². The van der Waals surface area contributed by atoms with Gasteiger partial charge in [0.05, 0.1) is 30.9 Å². The first-order chi connectivity index (χ1) is 15.0. The number of carbonyl (C=O) groups excluding carboxylic acids is 1. The van der Waals surface area contributed by atoms with Crippen LogP contribution in [0.15, 0.2) is 59.9 Å². The zero-order chi connectivity index (χ0) is 22.0. The van der Waals surface area contributed by atoms with Gasteiger partial charge in [0.15, 0.2) is 5.16 Å². The molecule has 0 unspecified atom stereocenters. The summed E-state index contributed by atoms with van der Waals surface area (Å²) in [5.41, 5.74) is 4.93. The molecule has 2 aromatic carbocycles. The molecule has 31 heavy (non-hydrogen) atoms. The van der Waals surface area contributed by atoms with E-state index in [1.807, 2.05) is 56.4 Å². The van der Waals surface area contributed by atoms with E-state index in [9.17, 15) is 4.79 Å². The molecule has 0 aliphatic heterocycles. The first-order valence-corrected chi connectivity index (χ1v) is 10.8. The van der Waals surface area contributed by atoms with Crippen molar-refractivity contribution in [3.63, 3.8) is 0 Å². The Kier molecular flexibility index (Phi) is 5.95. The smallest absolute Gasteiger partial charge is 0.264 e. The minimum atomic E-state index is -0.134. The Balaban J connectivity index is 1.76. The fraction of sp³-hybridized carbons (Fsp3) is 0.208. The summed E-state index contributed by atoms with van der Waals surface area (Å²) in [6, 6.07) is 14.8. The maximum Gasteiger partial charge on any atom is 0.264 e. The predicted octanol–water partition coefficient (Wildman–Crippen LogP) is 5.05. The van der Waals surface area contributed by atoms with E-state index in [0.29, 0.717) is 27.7 Å². The summed E-state index contributed by atoms with van der Waals surface area (Å²) in [5.74, 6) is 1.94. The van der Waals surface area contributed by atoms with Gasteiger partial charge in [-0.3, -0.25) is 14.3 Å². The minimum absolute atomic E-state index is 0.134. The number of hydrogen-bond acceptors (Lipinski definition) is 6. The van der Waals surface area contributed by atoms with Gasteiger partial charge in [-0.1, -0.05) is 30.0 Å². The summed E-state index contributed by atoms with van der Waals surface area (Å²) in [7, 11) is 3.27. The van der Waals surface area contributed by atoms with E-state index in [0.717, 1.165) is 28.1 Å². The van der Waals surface area contributed by atoms with Crippen molar-refractivity contribution < 1.29 is 14.3 Å². The quantitative estimate of drug-likeness (QED) is 0.397. The molecule has 4 aromatic rings. The van der Waals surface area contributed by atoms with E-state index in [4.69, 9.17) is 14.5 Å². The van der Waals surface area contributed by atoms with Crippen LogP contribution in [0, 0.1) is 13.8 Å². The summed E-state index contributed by atoms with van der Waals surface area (Å²) in [6.07, 6.45) is 1.81. The number of imidazole rings is 1. The molecule has 0 saturated carbocycles. The van der Waals surface area contributed by atoms with Gasteiger partial charge in [-0.15, -0.1) is 0 Å². The number of methoxy groups -OCH3 is 2. The number of ether oxygens (including phenoxy) is 2. The number of benzene rings is 2. The van der Waals surface area contributed by atoms with E-state index >= 15 is 0 Å². The van der Waals surface area contributed by atoms with Crippen LogP contribution in [0.25, 0.3) is 11.0 Å². The average molecular weight is 434 g/mol. The van der Waals surface area contributed by atoms with Gasteiger partial charge >= 0.3 is 0 Å². The molecular weight excluding hydrogens is 410 g/mol. The van der Waals surface area contributed by atoms with E-state index in [1.54, 1.807) is 30.9 Å². The van der Waals surface area contributed by atoms with E-state index in [2.05, 4.69) is 4.98 Å². The molecule has 0 fully saturated rings. The Labute approximate surface area is 185 Å². The van der Waals surface area contributed by atoms with Gasteiger partial charge in [0, 0.05) is 34.7 Å². The predicted molar refractivity (Wildman–Crippen MR) is 122 cm³/mol. The molecule has 0 saturated heterocycles. The highest BCUT2D eigenvalue weighted by molar-refractivity contribution is 7.98. The SMILES string of the molecule is COc1ccc2nc(SCc3ncc(C)c(OC)c3C)n(C(=O)c3ccccc3)c2c1. The van der Waals surface area contributed by atoms with Gasteiger partial charge in [0.2, 0.25) is 0 Å². The number of hydrogen-bond donors (Lipinski definition) is 0. The van der Waals surface area contributed by atoms with Gasteiger partial charge in [-0.2, -0.15) is 0 Å². The fourth-order valence-electron chi connectivity index (χ4n) is 3.51. The molecule has 6 nitrogen and oxygen atoms in total. The van der Waals surface area contributed by atoms with Crippen LogP contribution in [0.2, 0.25) is 0 Å². The third kappa shape index (κ3) is 4.01. The van der Waals surface area contributed by atoms with Gasteiger partial charge in [0.25, 0.3) is 5.91 Å². The Bertz CT molecular complexity index is 1250. The number of pyridine rings is 1. The highest BCUT2D eigenvalue weighted by Gasteiger charge is 2.20. The molecule has 0 aliphatic rings. The van der Waals surface area contributed by atoms with Gasteiger partial charge in [-0.05, 0) is 38.1 Å². The Morgan fingerprint density at radius 3 is 2.55 bits per heavy atom. The second-order valence-electron chi connectivity index (χ2n) is 7.09. The van der Waals surface area contributed by atoms with Gasteiger partial charge in [0.1, 0.15) is 11.5 Å². The molecule has 0 bridgehead atoms. The molecule has 0 N–H and O–H groups in total. The molecule has 2 aromatic heterocycles. The zero-order valence-corrected chi connectivity index (χ0v) is 18.7. The van der Waals surface area contributed by atoms with Crippen molar-refractivity contribution in [3.8, 4) is 11.5 Å². The average Bonchev–Trinajstić information content (AvgIpc) is 3.16. The Hall–Kier alpha value is -3.32. The lowest BCUT2D eigenvalue weighted by Crippen LogP contribution is -2.13. The monoisotopic (exact) mass is 433 g/mol. The number of nitrogens with zero attached hydrogens (tertiary/aromatic N) is 3.